The third-order valence-electron chi connectivity index (χ3n) is 21.9. The molecule has 579 valence electrons. The maximum Gasteiger partial charge on any atom is 0.227 e. The van der Waals surface area contributed by atoms with Gasteiger partial charge in [-0.15, -0.1) is 6.04 Å². The number of imidazole rings is 3. The maximum atomic E-state index is 4.93. The minimum Gasteiger partial charge on any atom is -0.660 e. The first-order valence-electron chi connectivity index (χ1n) is 40.6. The van der Waals surface area contributed by atoms with Gasteiger partial charge >= 0.3 is 0 Å². The summed E-state index contributed by atoms with van der Waals surface area (Å²) in [5.74, 6) is 4.36. The van der Waals surface area contributed by atoms with E-state index in [-0.39, 0.29) is 62.2 Å². The molecule has 6 aromatic carbocycles. The fraction of sp³-hybridized carbons (Fsp3) is 0.427. The van der Waals surface area contributed by atoms with Gasteiger partial charge in [0, 0.05) is 112 Å². The van der Waals surface area contributed by atoms with E-state index in [0.717, 1.165) is 128 Å². The minimum absolute atomic E-state index is 0. The van der Waals surface area contributed by atoms with Crippen LogP contribution in [0.4, 0.5) is 35.3 Å². The molecule has 3 fully saturated rings. The van der Waals surface area contributed by atoms with Gasteiger partial charge < -0.3 is 61.1 Å². The van der Waals surface area contributed by atoms with Crippen molar-refractivity contribution in [3.05, 3.63) is 205 Å². The van der Waals surface area contributed by atoms with Crippen molar-refractivity contribution in [3.8, 4) is 33.4 Å². The second-order valence-corrected chi connectivity index (χ2v) is 30.5. The smallest absolute Gasteiger partial charge is 0.227 e. The summed E-state index contributed by atoms with van der Waals surface area (Å²) in [4.78, 5) is 46.0. The number of rotatable bonds is 28. The van der Waals surface area contributed by atoms with E-state index in [1.165, 1.54) is 75.8 Å². The van der Waals surface area contributed by atoms with Gasteiger partial charge in [-0.1, -0.05) is 204 Å². The summed E-state index contributed by atoms with van der Waals surface area (Å²) in [6.45, 7) is 28.0. The molecule has 111 heavy (non-hydrogen) atoms. The van der Waals surface area contributed by atoms with E-state index in [9.17, 15) is 0 Å². The molecule has 6 heterocycles. The summed E-state index contributed by atoms with van der Waals surface area (Å²) in [5.41, 5.74) is 15.9. The van der Waals surface area contributed by atoms with E-state index < -0.39 is 0 Å². The largest absolute Gasteiger partial charge is 0.660 e. The van der Waals surface area contributed by atoms with Gasteiger partial charge in [-0.2, -0.15) is 36.4 Å². The van der Waals surface area contributed by atoms with Crippen molar-refractivity contribution < 1.29 is 44.1 Å². The Morgan fingerprint density at radius 3 is 0.964 bits per heavy atom. The molecule has 7 N–H and O–H groups in total. The zero-order valence-electron chi connectivity index (χ0n) is 66.8. The molecular formula is C89H114AcN21-. The van der Waals surface area contributed by atoms with Crippen LogP contribution < -0.4 is 37.2 Å². The van der Waals surface area contributed by atoms with Crippen LogP contribution in [0.1, 0.15) is 181 Å². The van der Waals surface area contributed by atoms with Crippen LogP contribution in [0.5, 0.6) is 0 Å². The molecule has 3 aliphatic rings. The monoisotopic (exact) mass is 1700 g/mol. The van der Waals surface area contributed by atoms with Crippen LogP contribution in [0.3, 0.4) is 0 Å². The van der Waals surface area contributed by atoms with Gasteiger partial charge in [0.25, 0.3) is 0 Å². The third kappa shape index (κ3) is 21.5. The van der Waals surface area contributed by atoms with E-state index >= 15 is 0 Å². The second kappa shape index (κ2) is 40.0. The normalized spacial score (nSPS) is 17.8. The molecular weight excluding hydrogens is 1590 g/mol. The van der Waals surface area contributed by atoms with Gasteiger partial charge in [-0.3, -0.25) is 0 Å². The Kier molecular flexibility index (Phi) is 29.4. The van der Waals surface area contributed by atoms with Crippen LogP contribution in [0.25, 0.3) is 72.2 Å². The van der Waals surface area contributed by atoms with Gasteiger partial charge in [-0.05, 0) is 175 Å². The van der Waals surface area contributed by atoms with Crippen molar-refractivity contribution in [1.29, 1.82) is 0 Å². The Bertz CT molecular complexity index is 4590. The van der Waals surface area contributed by atoms with E-state index in [1.807, 2.05) is 37.2 Å². The fourth-order valence-electron chi connectivity index (χ4n) is 15.6. The zero-order valence-corrected chi connectivity index (χ0v) is 71.5. The fourth-order valence-corrected chi connectivity index (χ4v) is 15.6. The molecule has 0 atom stereocenters. The van der Waals surface area contributed by atoms with E-state index in [4.69, 9.17) is 35.2 Å². The standard InChI is InChI=1S/C31H41N7.C29H37N7.C29H36N7.Ac/c1-5-37(6-2)27-18-16-26(17-19-27)34-31-35-29(28-30(36-31)38(21-33-28)22(3)4)32-20-23-12-14-25(15-13-23)24-10-8-7-9-11-24;2*1-4-30-24-14-16-25(17-15-24)33-29-34-27(26-28(35-29)36(19-32-26)20(2)3)31-18-21-10-12-23(13-11-21)22-8-6-5-7-9-22;/h7-15,21-22,26-27H,5-6,16-20H2,1-4H3,(H2,32,34,35,36);5-13,19-20,24-25,30H,4,14-18H2,1-3H3,(H2,31,33,34,35);5-13,19-20,24-25H,4,14-18H2,1-3H3,(H2,31,33,34,35);/q;;-1;. The summed E-state index contributed by atoms with van der Waals surface area (Å²) in [6.07, 6.45) is 19.4. The molecule has 0 bridgehead atoms. The molecule has 1 radical (unpaired) electrons. The Balaban J connectivity index is 0.000000154. The summed E-state index contributed by atoms with van der Waals surface area (Å²) in [6, 6.07) is 61.2. The van der Waals surface area contributed by atoms with Crippen LogP contribution >= 0.6 is 0 Å². The van der Waals surface area contributed by atoms with Crippen LogP contribution in [0.15, 0.2) is 183 Å². The molecule has 3 saturated carbocycles. The molecule has 6 aromatic heterocycles. The average Bonchev–Trinajstić information content (AvgIpc) is 1.67. The van der Waals surface area contributed by atoms with Crippen LogP contribution in [0.2, 0.25) is 0 Å². The molecule has 0 unspecified atom stereocenters. The molecule has 0 spiro atoms. The van der Waals surface area contributed by atoms with Crippen molar-refractivity contribution in [3.63, 3.8) is 0 Å². The van der Waals surface area contributed by atoms with Gasteiger partial charge in [0.2, 0.25) is 17.8 Å². The van der Waals surface area contributed by atoms with E-state index in [2.05, 4.69) is 286 Å². The quantitative estimate of drug-likeness (QED) is 0.0242. The molecule has 0 amide bonds. The first-order chi connectivity index (χ1) is 53.8. The van der Waals surface area contributed by atoms with Gasteiger partial charge in [0.1, 0.15) is 0 Å². The van der Waals surface area contributed by atoms with Gasteiger partial charge in [-0.25, -0.2) is 15.0 Å². The summed E-state index contributed by atoms with van der Waals surface area (Å²) in [7, 11) is 0. The Labute approximate surface area is 692 Å². The Morgan fingerprint density at radius 1 is 0.369 bits per heavy atom. The van der Waals surface area contributed by atoms with E-state index in [0.29, 0.717) is 73.7 Å². The van der Waals surface area contributed by atoms with Crippen LogP contribution in [0, 0.1) is 44.1 Å². The first kappa shape index (κ1) is 81.6. The number of anilines is 6. The molecule has 0 aliphatic heterocycles. The summed E-state index contributed by atoms with van der Waals surface area (Å²) >= 11 is 0. The average molecular weight is 1710 g/mol. The summed E-state index contributed by atoms with van der Waals surface area (Å²) < 4.78 is 6.35. The minimum atomic E-state index is 0. The number of hydrogen-bond donors (Lipinski definition) is 7. The predicted octanol–water partition coefficient (Wildman–Crippen LogP) is 19.6. The molecule has 21 nitrogen and oxygen atoms in total. The summed E-state index contributed by atoms with van der Waals surface area (Å²) in [5, 5.41) is 29.8. The Morgan fingerprint density at radius 2 is 0.667 bits per heavy atom. The predicted molar refractivity (Wildman–Crippen MR) is 454 cm³/mol. The molecule has 15 rings (SSSR count). The number of nitrogens with one attached hydrogen (secondary N) is 7. The van der Waals surface area contributed by atoms with Gasteiger partial charge in [0.15, 0.2) is 50.9 Å². The first-order valence-corrected chi connectivity index (χ1v) is 40.6. The molecule has 12 aromatic rings. The zero-order chi connectivity index (χ0) is 76.3. The Hall–Kier alpha value is -8.91. The van der Waals surface area contributed by atoms with Crippen molar-refractivity contribution in [2.75, 3.05) is 58.1 Å². The van der Waals surface area contributed by atoms with Gasteiger partial charge in [0.05, 0.1) is 19.0 Å². The van der Waals surface area contributed by atoms with Crippen molar-refractivity contribution >= 4 is 68.8 Å². The number of benzene rings is 6. The van der Waals surface area contributed by atoms with Crippen molar-refractivity contribution in [2.45, 2.75) is 220 Å². The topological polar surface area (TPSA) is 232 Å². The molecule has 0 saturated heterocycles. The van der Waals surface area contributed by atoms with E-state index in [1.54, 1.807) is 0 Å². The number of nitrogens with zero attached hydrogens (tertiary/aromatic N) is 14. The van der Waals surface area contributed by atoms with Crippen molar-refractivity contribution in [1.82, 2.24) is 68.8 Å². The number of aromatic nitrogens is 12. The number of hydrogen-bond acceptors (Lipinski definition) is 17. The maximum absolute atomic E-state index is 4.93. The third-order valence-corrected chi connectivity index (χ3v) is 21.9. The number of fused-ring (bicyclic) bond motifs is 3. The van der Waals surface area contributed by atoms with Crippen molar-refractivity contribution in [2.24, 2.45) is 0 Å². The SMILES string of the molecule is CCN(CC)C1CCC(Nc2nc(NCc3ccc(-c4ccccc4)cc3)c3ncn(C(C)C)c3n2)CC1.CCNC1CCC(Nc2nc(NCc3ccc(-c4ccccc4)cc3)c3ncn(C(C)C)c3n2)CC1.CC[N-]C1CCC(Nc2nc(NCc3ccc(-c4ccccc4)cc3)c3ncn(C(C)C)c3n2)CC1.[Ac]. The second-order valence-electron chi connectivity index (χ2n) is 30.5. The van der Waals surface area contributed by atoms with Crippen LogP contribution in [-0.4, -0.2) is 126 Å². The van der Waals surface area contributed by atoms with Crippen LogP contribution in [-0.2, 0) is 19.6 Å². The molecule has 22 heteroatoms. The molecule has 3 aliphatic carbocycles.